The lowest BCUT2D eigenvalue weighted by Crippen LogP contribution is -2.25. The van der Waals surface area contributed by atoms with Gasteiger partial charge in [0.1, 0.15) is 18.1 Å². The minimum atomic E-state index is -0.317. The molecule has 4 rings (SSSR count). The topological polar surface area (TPSA) is 73.7 Å². The van der Waals surface area contributed by atoms with Crippen LogP contribution in [0.5, 0.6) is 5.75 Å². The molecule has 3 aromatic rings. The predicted octanol–water partition coefficient (Wildman–Crippen LogP) is 3.91. The van der Waals surface area contributed by atoms with Crippen molar-refractivity contribution in [2.24, 2.45) is 0 Å². The number of anilines is 1. The van der Waals surface area contributed by atoms with Gasteiger partial charge in [-0.25, -0.2) is 4.98 Å². The van der Waals surface area contributed by atoms with Gasteiger partial charge >= 0.3 is 5.97 Å². The standard InChI is InChI=1S/C24H27N3O4/c1-4-30-21-12-8-7-11-20(21)26-14-17(13-22(26)28)24-25-18-9-5-6-10-19(18)27(24)15-23(29)31-16(2)3/h5-12,16-17H,4,13-15H2,1-3H3. The molecule has 31 heavy (non-hydrogen) atoms. The van der Waals surface area contributed by atoms with Crippen LogP contribution in [0.2, 0.25) is 0 Å². The Hall–Kier alpha value is -3.35. The van der Waals surface area contributed by atoms with E-state index in [4.69, 9.17) is 14.5 Å². The summed E-state index contributed by atoms with van der Waals surface area (Å²) in [5.41, 5.74) is 2.42. The molecular weight excluding hydrogens is 394 g/mol. The van der Waals surface area contributed by atoms with Crippen LogP contribution in [0.25, 0.3) is 11.0 Å². The zero-order valence-corrected chi connectivity index (χ0v) is 18.1. The SMILES string of the molecule is CCOc1ccccc1N1CC(c2nc3ccccc3n2CC(=O)OC(C)C)CC1=O. The van der Waals surface area contributed by atoms with E-state index in [1.807, 2.05) is 73.9 Å². The van der Waals surface area contributed by atoms with E-state index in [0.717, 1.165) is 22.5 Å². The highest BCUT2D eigenvalue weighted by atomic mass is 16.5. The number of ether oxygens (including phenoxy) is 2. The van der Waals surface area contributed by atoms with E-state index in [1.54, 1.807) is 4.90 Å². The van der Waals surface area contributed by atoms with Crippen molar-refractivity contribution < 1.29 is 19.1 Å². The fourth-order valence-corrected chi connectivity index (χ4v) is 4.07. The van der Waals surface area contributed by atoms with E-state index < -0.39 is 0 Å². The molecule has 0 N–H and O–H groups in total. The third-order valence-electron chi connectivity index (χ3n) is 5.28. The van der Waals surface area contributed by atoms with Crippen LogP contribution in [-0.2, 0) is 20.9 Å². The summed E-state index contributed by atoms with van der Waals surface area (Å²) in [6, 6.07) is 15.3. The van der Waals surface area contributed by atoms with Crippen molar-refractivity contribution >= 4 is 28.6 Å². The normalized spacial score (nSPS) is 16.3. The summed E-state index contributed by atoms with van der Waals surface area (Å²) in [5, 5.41) is 0. The third-order valence-corrected chi connectivity index (χ3v) is 5.28. The molecule has 7 nitrogen and oxygen atoms in total. The fraction of sp³-hybridized carbons (Fsp3) is 0.375. The molecule has 1 aliphatic heterocycles. The number of fused-ring (bicyclic) bond motifs is 1. The zero-order chi connectivity index (χ0) is 22.0. The van der Waals surface area contributed by atoms with E-state index >= 15 is 0 Å². The average molecular weight is 421 g/mol. The second-order valence-corrected chi connectivity index (χ2v) is 7.89. The van der Waals surface area contributed by atoms with Crippen molar-refractivity contribution in [3.8, 4) is 5.75 Å². The Morgan fingerprint density at radius 1 is 1.16 bits per heavy atom. The number of hydrogen-bond donors (Lipinski definition) is 0. The number of rotatable bonds is 7. The van der Waals surface area contributed by atoms with Gasteiger partial charge in [0.25, 0.3) is 0 Å². The quantitative estimate of drug-likeness (QED) is 0.541. The van der Waals surface area contributed by atoms with Crippen LogP contribution in [-0.4, -0.2) is 40.7 Å². The van der Waals surface area contributed by atoms with Crippen LogP contribution < -0.4 is 9.64 Å². The van der Waals surface area contributed by atoms with Gasteiger partial charge in [-0.3, -0.25) is 9.59 Å². The van der Waals surface area contributed by atoms with Crippen LogP contribution in [0.4, 0.5) is 5.69 Å². The molecule has 1 unspecified atom stereocenters. The lowest BCUT2D eigenvalue weighted by molar-refractivity contribution is -0.148. The van der Waals surface area contributed by atoms with Crippen LogP contribution >= 0.6 is 0 Å². The highest BCUT2D eigenvalue weighted by Crippen LogP contribution is 2.37. The van der Waals surface area contributed by atoms with Crippen LogP contribution in [0.1, 0.15) is 38.9 Å². The molecule has 1 aliphatic rings. The Labute approximate surface area is 181 Å². The van der Waals surface area contributed by atoms with Crippen LogP contribution in [0, 0.1) is 0 Å². The number of nitrogens with zero attached hydrogens (tertiary/aromatic N) is 3. The van der Waals surface area contributed by atoms with Crippen molar-refractivity contribution in [3.63, 3.8) is 0 Å². The summed E-state index contributed by atoms with van der Waals surface area (Å²) in [6.45, 7) is 6.64. The fourth-order valence-electron chi connectivity index (χ4n) is 4.07. The predicted molar refractivity (Wildman–Crippen MR) is 118 cm³/mol. The lowest BCUT2D eigenvalue weighted by Gasteiger charge is -2.20. The van der Waals surface area contributed by atoms with Gasteiger partial charge < -0.3 is 18.9 Å². The second kappa shape index (κ2) is 8.79. The molecular formula is C24H27N3O4. The Bertz CT molecular complexity index is 1110. The number of esters is 1. The van der Waals surface area contributed by atoms with Crippen LogP contribution in [0.3, 0.4) is 0 Å². The Balaban J connectivity index is 1.67. The van der Waals surface area contributed by atoms with Gasteiger partial charge in [0.2, 0.25) is 5.91 Å². The zero-order valence-electron chi connectivity index (χ0n) is 18.1. The minimum absolute atomic E-state index is 0.0144. The molecule has 1 atom stereocenters. The Morgan fingerprint density at radius 3 is 2.68 bits per heavy atom. The smallest absolute Gasteiger partial charge is 0.326 e. The van der Waals surface area contributed by atoms with Crippen molar-refractivity contribution in [3.05, 3.63) is 54.4 Å². The third kappa shape index (κ3) is 4.26. The molecule has 0 radical (unpaired) electrons. The molecule has 1 aromatic heterocycles. The first kappa shape index (κ1) is 20.9. The number of imidazole rings is 1. The highest BCUT2D eigenvalue weighted by molar-refractivity contribution is 5.98. The molecule has 0 bridgehead atoms. The second-order valence-electron chi connectivity index (χ2n) is 7.89. The molecule has 0 aliphatic carbocycles. The van der Waals surface area contributed by atoms with Crippen molar-refractivity contribution in [2.45, 2.75) is 45.8 Å². The summed E-state index contributed by atoms with van der Waals surface area (Å²) in [5.74, 6) is 0.976. The molecule has 162 valence electrons. The summed E-state index contributed by atoms with van der Waals surface area (Å²) in [6.07, 6.45) is 0.132. The summed E-state index contributed by atoms with van der Waals surface area (Å²) in [4.78, 5) is 31.9. The molecule has 1 amide bonds. The molecule has 2 heterocycles. The Kier molecular flexibility index (Phi) is 5.93. The molecule has 0 spiro atoms. The van der Waals surface area contributed by atoms with E-state index in [9.17, 15) is 9.59 Å². The van der Waals surface area contributed by atoms with Crippen molar-refractivity contribution in [1.29, 1.82) is 0 Å². The van der Waals surface area contributed by atoms with Gasteiger partial charge in [0, 0.05) is 18.9 Å². The lowest BCUT2D eigenvalue weighted by atomic mass is 10.1. The number of hydrogen-bond acceptors (Lipinski definition) is 5. The van der Waals surface area contributed by atoms with Crippen molar-refractivity contribution in [1.82, 2.24) is 9.55 Å². The summed E-state index contributed by atoms with van der Waals surface area (Å²) < 4.78 is 13.0. The van der Waals surface area contributed by atoms with Crippen molar-refractivity contribution in [2.75, 3.05) is 18.1 Å². The van der Waals surface area contributed by atoms with Gasteiger partial charge in [-0.15, -0.1) is 0 Å². The molecule has 1 fully saturated rings. The Morgan fingerprint density at radius 2 is 1.90 bits per heavy atom. The van der Waals surface area contributed by atoms with E-state index in [2.05, 4.69) is 0 Å². The first-order valence-electron chi connectivity index (χ1n) is 10.6. The molecule has 2 aromatic carbocycles. The maximum Gasteiger partial charge on any atom is 0.326 e. The van der Waals surface area contributed by atoms with E-state index in [0.29, 0.717) is 25.3 Å². The summed E-state index contributed by atoms with van der Waals surface area (Å²) >= 11 is 0. The number of carbonyl (C=O) groups excluding carboxylic acids is 2. The summed E-state index contributed by atoms with van der Waals surface area (Å²) in [7, 11) is 0. The largest absolute Gasteiger partial charge is 0.492 e. The average Bonchev–Trinajstić information content (AvgIpc) is 3.29. The first-order chi connectivity index (χ1) is 15.0. The van der Waals surface area contributed by atoms with Gasteiger partial charge in [-0.1, -0.05) is 24.3 Å². The van der Waals surface area contributed by atoms with Gasteiger partial charge in [-0.2, -0.15) is 0 Å². The highest BCUT2D eigenvalue weighted by Gasteiger charge is 2.36. The monoisotopic (exact) mass is 421 g/mol. The number of carbonyl (C=O) groups is 2. The van der Waals surface area contributed by atoms with E-state index in [-0.39, 0.29) is 30.4 Å². The maximum atomic E-state index is 13.0. The number of para-hydroxylation sites is 4. The van der Waals surface area contributed by atoms with Crippen LogP contribution in [0.15, 0.2) is 48.5 Å². The maximum absolute atomic E-state index is 13.0. The van der Waals surface area contributed by atoms with Gasteiger partial charge in [0.05, 0.1) is 29.4 Å². The van der Waals surface area contributed by atoms with Gasteiger partial charge in [0.15, 0.2) is 0 Å². The molecule has 0 saturated carbocycles. The minimum Gasteiger partial charge on any atom is -0.492 e. The van der Waals surface area contributed by atoms with Gasteiger partial charge in [-0.05, 0) is 45.0 Å². The van der Waals surface area contributed by atoms with E-state index in [1.165, 1.54) is 0 Å². The molecule has 7 heteroatoms. The number of benzene rings is 2. The number of amides is 1. The first-order valence-corrected chi connectivity index (χ1v) is 10.6. The number of aromatic nitrogens is 2. The molecule has 1 saturated heterocycles.